The first-order valence-corrected chi connectivity index (χ1v) is 8.50. The average Bonchev–Trinajstić information content (AvgIpc) is 2.98. The molecule has 0 spiro atoms. The fraction of sp³-hybridized carbons (Fsp3) is 0.300. The topological polar surface area (TPSA) is 100 Å². The Morgan fingerprint density at radius 2 is 2.15 bits per heavy atom. The molecule has 0 bridgehead atoms. The number of thiazole rings is 2. The number of sulfonamides is 1. The molecule has 1 N–H and O–H groups in total. The number of carbonyl (C=O) groups is 1. The molecule has 2 aromatic rings. The van der Waals surface area contributed by atoms with Gasteiger partial charge in [-0.05, 0) is 6.92 Å². The summed E-state index contributed by atoms with van der Waals surface area (Å²) < 4.78 is 25.5. The fourth-order valence-corrected chi connectivity index (χ4v) is 4.89. The van der Waals surface area contributed by atoms with E-state index in [2.05, 4.69) is 9.97 Å². The van der Waals surface area contributed by atoms with Gasteiger partial charge in [-0.1, -0.05) is 0 Å². The largest absolute Gasteiger partial charge is 0.476 e. The molecular weight excluding hydrogens is 322 g/mol. The van der Waals surface area contributed by atoms with Gasteiger partial charge in [0.2, 0.25) is 0 Å². The van der Waals surface area contributed by atoms with Gasteiger partial charge in [0.1, 0.15) is 0 Å². The third-order valence-electron chi connectivity index (χ3n) is 2.43. The van der Waals surface area contributed by atoms with E-state index in [9.17, 15) is 13.2 Å². The van der Waals surface area contributed by atoms with E-state index in [1.165, 1.54) is 23.9 Å². The van der Waals surface area contributed by atoms with Crippen LogP contribution < -0.4 is 0 Å². The Labute approximate surface area is 123 Å². The monoisotopic (exact) mass is 333 g/mol. The van der Waals surface area contributed by atoms with Gasteiger partial charge in [0.15, 0.2) is 9.90 Å². The third-order valence-corrected chi connectivity index (χ3v) is 6.48. The molecule has 20 heavy (non-hydrogen) atoms. The molecule has 0 saturated heterocycles. The molecule has 7 nitrogen and oxygen atoms in total. The first-order valence-electron chi connectivity index (χ1n) is 5.37. The van der Waals surface area contributed by atoms with Gasteiger partial charge < -0.3 is 5.11 Å². The number of hydrogen-bond donors (Lipinski definition) is 1. The van der Waals surface area contributed by atoms with Crippen molar-refractivity contribution in [3.05, 3.63) is 27.3 Å². The summed E-state index contributed by atoms with van der Waals surface area (Å²) in [7, 11) is -2.47. The first kappa shape index (κ1) is 15.0. The quantitative estimate of drug-likeness (QED) is 0.888. The van der Waals surface area contributed by atoms with Crippen LogP contribution >= 0.6 is 22.7 Å². The number of carboxylic acids is 1. The number of aryl methyl sites for hydroxylation is 1. The summed E-state index contributed by atoms with van der Waals surface area (Å²) in [5, 5.41) is 9.79. The van der Waals surface area contributed by atoms with Crippen molar-refractivity contribution < 1.29 is 18.3 Å². The second-order valence-electron chi connectivity index (χ2n) is 3.90. The van der Waals surface area contributed by atoms with E-state index in [4.69, 9.17) is 5.11 Å². The minimum Gasteiger partial charge on any atom is -0.476 e. The molecule has 0 radical (unpaired) electrons. The molecule has 0 fully saturated rings. The highest BCUT2D eigenvalue weighted by molar-refractivity contribution is 7.91. The maximum atomic E-state index is 12.3. The highest BCUT2D eigenvalue weighted by atomic mass is 32.2. The Balaban J connectivity index is 2.30. The number of nitrogens with zero attached hydrogens (tertiary/aromatic N) is 3. The molecule has 0 aliphatic heterocycles. The van der Waals surface area contributed by atoms with Gasteiger partial charge in [-0.3, -0.25) is 0 Å². The Kier molecular flexibility index (Phi) is 4.18. The zero-order valence-corrected chi connectivity index (χ0v) is 13.0. The minimum atomic E-state index is -3.87. The lowest BCUT2D eigenvalue weighted by Crippen LogP contribution is -2.26. The van der Waals surface area contributed by atoms with E-state index < -0.39 is 21.7 Å². The molecule has 2 aromatic heterocycles. The number of aromatic carboxylic acids is 1. The highest BCUT2D eigenvalue weighted by Crippen LogP contribution is 2.25. The van der Waals surface area contributed by atoms with Crippen LogP contribution in [-0.2, 0) is 16.6 Å². The summed E-state index contributed by atoms with van der Waals surface area (Å²) >= 11 is 2.19. The van der Waals surface area contributed by atoms with Gasteiger partial charge in [-0.25, -0.2) is 23.2 Å². The lowest BCUT2D eigenvalue weighted by molar-refractivity contribution is 0.0687. The van der Waals surface area contributed by atoms with Crippen molar-refractivity contribution >= 4 is 38.7 Å². The van der Waals surface area contributed by atoms with Gasteiger partial charge in [-0.2, -0.15) is 4.31 Å². The molecule has 0 saturated carbocycles. The lowest BCUT2D eigenvalue weighted by atomic mass is 10.5. The van der Waals surface area contributed by atoms with Crippen molar-refractivity contribution in [2.75, 3.05) is 7.05 Å². The van der Waals surface area contributed by atoms with Gasteiger partial charge in [0.25, 0.3) is 10.0 Å². The average molecular weight is 333 g/mol. The second-order valence-corrected chi connectivity index (χ2v) is 8.31. The molecular formula is C10H11N3O4S3. The van der Waals surface area contributed by atoms with E-state index in [-0.39, 0.29) is 10.8 Å². The number of rotatable bonds is 5. The van der Waals surface area contributed by atoms with E-state index in [0.29, 0.717) is 0 Å². The van der Waals surface area contributed by atoms with Crippen molar-refractivity contribution in [3.63, 3.8) is 0 Å². The molecule has 0 amide bonds. The van der Waals surface area contributed by atoms with Gasteiger partial charge in [0, 0.05) is 24.7 Å². The van der Waals surface area contributed by atoms with Crippen molar-refractivity contribution in [1.82, 2.24) is 14.3 Å². The van der Waals surface area contributed by atoms with Crippen LogP contribution in [0.25, 0.3) is 0 Å². The minimum absolute atomic E-state index is 0.144. The van der Waals surface area contributed by atoms with Crippen molar-refractivity contribution in [3.8, 4) is 0 Å². The summed E-state index contributed by atoms with van der Waals surface area (Å²) in [6.45, 7) is 1.97. The van der Waals surface area contributed by atoms with Gasteiger partial charge >= 0.3 is 5.97 Å². The third kappa shape index (κ3) is 2.87. The highest BCUT2D eigenvalue weighted by Gasteiger charge is 2.29. The van der Waals surface area contributed by atoms with Crippen molar-refractivity contribution in [2.24, 2.45) is 0 Å². The maximum absolute atomic E-state index is 12.3. The SMILES string of the molecule is Cc1ncc(CN(C)S(=O)(=O)c2scnc2C(=O)O)s1. The Hall–Kier alpha value is -1.36. The van der Waals surface area contributed by atoms with Crippen LogP contribution in [0.2, 0.25) is 0 Å². The van der Waals surface area contributed by atoms with Crippen LogP contribution in [-0.4, -0.2) is 40.8 Å². The van der Waals surface area contributed by atoms with E-state index in [1.807, 2.05) is 6.92 Å². The number of aromatic nitrogens is 2. The van der Waals surface area contributed by atoms with Crippen LogP contribution in [0.4, 0.5) is 0 Å². The van der Waals surface area contributed by atoms with E-state index >= 15 is 0 Å². The summed E-state index contributed by atoms with van der Waals surface area (Å²) in [4.78, 5) is 19.4. The van der Waals surface area contributed by atoms with Crippen LogP contribution in [0.15, 0.2) is 15.9 Å². The summed E-state index contributed by atoms with van der Waals surface area (Å²) in [6, 6.07) is 0. The Bertz CT molecular complexity index is 735. The van der Waals surface area contributed by atoms with Crippen LogP contribution in [0.5, 0.6) is 0 Å². The summed E-state index contributed by atoms with van der Waals surface area (Å²) in [5.74, 6) is -1.35. The molecule has 10 heteroatoms. The van der Waals surface area contributed by atoms with Crippen molar-refractivity contribution in [1.29, 1.82) is 0 Å². The molecule has 2 heterocycles. The molecule has 0 unspecified atom stereocenters. The van der Waals surface area contributed by atoms with Gasteiger partial charge in [0.05, 0.1) is 10.5 Å². The van der Waals surface area contributed by atoms with Crippen LogP contribution in [0, 0.1) is 6.92 Å². The molecule has 108 valence electrons. The normalized spacial score (nSPS) is 11.9. The predicted octanol–water partition coefficient (Wildman–Crippen LogP) is 1.43. The van der Waals surface area contributed by atoms with Crippen molar-refractivity contribution in [2.45, 2.75) is 17.7 Å². The lowest BCUT2D eigenvalue weighted by Gasteiger charge is -2.14. The fourth-order valence-electron chi connectivity index (χ4n) is 1.49. The summed E-state index contributed by atoms with van der Waals surface area (Å²) in [6.07, 6.45) is 1.61. The number of carboxylic acid groups (broad SMARTS) is 1. The summed E-state index contributed by atoms with van der Waals surface area (Å²) in [5.41, 5.74) is 0.767. The van der Waals surface area contributed by atoms with Crippen LogP contribution in [0.1, 0.15) is 20.4 Å². The number of hydrogen-bond acceptors (Lipinski definition) is 7. The molecule has 0 aliphatic rings. The zero-order valence-electron chi connectivity index (χ0n) is 10.6. The molecule has 0 atom stereocenters. The maximum Gasteiger partial charge on any atom is 0.356 e. The molecule has 0 aliphatic carbocycles. The first-order chi connectivity index (χ1) is 9.32. The molecule has 0 aromatic carbocycles. The van der Waals surface area contributed by atoms with E-state index in [1.54, 1.807) is 6.20 Å². The Morgan fingerprint density at radius 3 is 2.70 bits per heavy atom. The van der Waals surface area contributed by atoms with Gasteiger partial charge in [-0.15, -0.1) is 22.7 Å². The van der Waals surface area contributed by atoms with Crippen LogP contribution in [0.3, 0.4) is 0 Å². The van der Waals surface area contributed by atoms with E-state index in [0.717, 1.165) is 25.5 Å². The zero-order chi connectivity index (χ0) is 14.9. The smallest absolute Gasteiger partial charge is 0.356 e. The molecule has 2 rings (SSSR count). The predicted molar refractivity (Wildman–Crippen MR) is 74.6 cm³/mol. The second kappa shape index (κ2) is 5.56. The standard InChI is InChI=1S/C10H11N3O4S3/c1-6-11-3-7(19-6)4-13(2)20(16,17)10-8(9(14)15)12-5-18-10/h3,5H,4H2,1-2H3,(H,14,15). The Morgan fingerprint density at radius 1 is 1.45 bits per heavy atom.